The van der Waals surface area contributed by atoms with Gasteiger partial charge < -0.3 is 14.1 Å². The lowest BCUT2D eigenvalue weighted by Gasteiger charge is -2.26. The summed E-state index contributed by atoms with van der Waals surface area (Å²) in [5.74, 6) is -0.208. The molecule has 2 aromatic carbocycles. The number of hydrogen-bond acceptors (Lipinski definition) is 5. The van der Waals surface area contributed by atoms with Crippen LogP contribution in [0.2, 0.25) is 0 Å². The van der Waals surface area contributed by atoms with E-state index in [0.29, 0.717) is 41.0 Å². The lowest BCUT2D eigenvalue weighted by Crippen LogP contribution is -2.36. The number of alkyl halides is 3. The van der Waals surface area contributed by atoms with Gasteiger partial charge in [-0.2, -0.15) is 13.2 Å². The van der Waals surface area contributed by atoms with Gasteiger partial charge in [-0.3, -0.25) is 15.0 Å². The minimum Gasteiger partial charge on any atom is -0.379 e. The van der Waals surface area contributed by atoms with Gasteiger partial charge in [0.25, 0.3) is 5.91 Å². The summed E-state index contributed by atoms with van der Waals surface area (Å²) in [4.78, 5) is 27.2. The normalized spacial score (nSPS) is 14.8. The van der Waals surface area contributed by atoms with E-state index in [1.165, 1.54) is 6.07 Å². The number of halogens is 3. The number of benzene rings is 2. The number of carbonyl (C=O) groups excluding carboxylic acids is 1. The smallest absolute Gasteiger partial charge is 0.379 e. The summed E-state index contributed by atoms with van der Waals surface area (Å²) in [6.07, 6.45) is -2.72. The van der Waals surface area contributed by atoms with Gasteiger partial charge in [0.1, 0.15) is 11.3 Å². The molecule has 1 fully saturated rings. The molecule has 0 unspecified atom stereocenters. The van der Waals surface area contributed by atoms with Crippen molar-refractivity contribution >= 4 is 28.5 Å². The van der Waals surface area contributed by atoms with Crippen LogP contribution in [0.1, 0.15) is 21.7 Å². The van der Waals surface area contributed by atoms with Gasteiger partial charge in [0.2, 0.25) is 5.95 Å². The first kappa shape index (κ1) is 24.1. The van der Waals surface area contributed by atoms with E-state index in [-0.39, 0.29) is 11.6 Å². The topological polar surface area (TPSA) is 87.5 Å². The molecule has 1 aliphatic heterocycles. The standard InChI is InChI=1S/C27H23F3N6O2/c28-27(29,30)19-4-1-3-17(13-19)18-7-8-21-22(14-18)33-26(32-21)34-25(37)23-16-36-20(5-2-6-24(36)31-23)15-35-9-11-38-12-10-35/h1-8,13-14,16H,9-12,15H2,(H2,32,33,34,37). The molecule has 0 atom stereocenters. The number of ether oxygens (including phenoxy) is 1. The fraction of sp³-hybridized carbons (Fsp3) is 0.222. The molecule has 6 rings (SSSR count). The maximum Gasteiger partial charge on any atom is 0.416 e. The molecule has 0 saturated carbocycles. The molecule has 8 nitrogen and oxygen atoms in total. The number of nitrogens with one attached hydrogen (secondary N) is 2. The molecular formula is C27H23F3N6O2. The minimum atomic E-state index is -4.43. The van der Waals surface area contributed by atoms with Crippen LogP contribution in [-0.4, -0.2) is 56.5 Å². The number of nitrogens with zero attached hydrogens (tertiary/aromatic N) is 4. The van der Waals surface area contributed by atoms with Crippen molar-refractivity contribution in [3.63, 3.8) is 0 Å². The van der Waals surface area contributed by atoms with Gasteiger partial charge in [0, 0.05) is 31.5 Å². The van der Waals surface area contributed by atoms with E-state index in [9.17, 15) is 18.0 Å². The molecule has 2 N–H and O–H groups in total. The van der Waals surface area contributed by atoms with Gasteiger partial charge in [-0.1, -0.05) is 24.3 Å². The van der Waals surface area contributed by atoms with Crippen molar-refractivity contribution < 1.29 is 22.7 Å². The number of carbonyl (C=O) groups is 1. The molecule has 11 heteroatoms. The molecule has 4 heterocycles. The average molecular weight is 521 g/mol. The van der Waals surface area contributed by atoms with Crippen LogP contribution in [-0.2, 0) is 17.5 Å². The van der Waals surface area contributed by atoms with Crippen molar-refractivity contribution in [2.24, 2.45) is 0 Å². The number of aromatic nitrogens is 4. The molecule has 194 valence electrons. The molecule has 38 heavy (non-hydrogen) atoms. The quantitative estimate of drug-likeness (QED) is 0.341. The minimum absolute atomic E-state index is 0.219. The summed E-state index contributed by atoms with van der Waals surface area (Å²) in [6, 6.07) is 16.0. The van der Waals surface area contributed by atoms with Crippen molar-refractivity contribution in [1.82, 2.24) is 24.3 Å². The Bertz CT molecular complexity index is 1640. The fourth-order valence-corrected chi connectivity index (χ4v) is 4.59. The highest BCUT2D eigenvalue weighted by Gasteiger charge is 2.30. The molecule has 1 saturated heterocycles. The largest absolute Gasteiger partial charge is 0.416 e. The predicted octanol–water partition coefficient (Wildman–Crippen LogP) is 4.98. The second-order valence-corrected chi connectivity index (χ2v) is 9.11. The maximum absolute atomic E-state index is 13.1. The van der Waals surface area contributed by atoms with Crippen molar-refractivity contribution in [2.45, 2.75) is 12.7 Å². The molecule has 0 radical (unpaired) electrons. The molecule has 0 bridgehead atoms. The number of aromatic amines is 1. The zero-order valence-corrected chi connectivity index (χ0v) is 20.1. The second-order valence-electron chi connectivity index (χ2n) is 9.11. The van der Waals surface area contributed by atoms with Crippen LogP contribution in [0.3, 0.4) is 0 Å². The molecule has 0 aliphatic carbocycles. The highest BCUT2D eigenvalue weighted by Crippen LogP contribution is 2.33. The summed E-state index contributed by atoms with van der Waals surface area (Å²) in [7, 11) is 0. The maximum atomic E-state index is 13.1. The third kappa shape index (κ3) is 4.85. The Hall–Kier alpha value is -4.22. The molecule has 5 aromatic rings. The van der Waals surface area contributed by atoms with E-state index in [2.05, 4.69) is 25.2 Å². The van der Waals surface area contributed by atoms with E-state index in [0.717, 1.165) is 37.5 Å². The van der Waals surface area contributed by atoms with Crippen LogP contribution in [0.15, 0.2) is 66.9 Å². The first-order valence-corrected chi connectivity index (χ1v) is 12.1. The number of morpholine rings is 1. The van der Waals surface area contributed by atoms with Crippen molar-refractivity contribution in [2.75, 3.05) is 31.6 Å². The number of hydrogen-bond donors (Lipinski definition) is 2. The summed E-state index contributed by atoms with van der Waals surface area (Å²) in [5, 5.41) is 2.74. The predicted molar refractivity (Wildman–Crippen MR) is 136 cm³/mol. The number of anilines is 1. The SMILES string of the molecule is O=C(Nc1nc2cc(-c3cccc(C(F)(F)F)c3)ccc2[nH]1)c1cn2c(CN3CCOCC3)cccc2n1. The second kappa shape index (κ2) is 9.58. The average Bonchev–Trinajstić information content (AvgIpc) is 3.53. The van der Waals surface area contributed by atoms with Gasteiger partial charge in [-0.05, 0) is 47.5 Å². The molecule has 3 aromatic heterocycles. The first-order valence-electron chi connectivity index (χ1n) is 12.1. The number of H-pyrrole nitrogens is 1. The van der Waals surface area contributed by atoms with E-state index in [4.69, 9.17) is 4.74 Å². The summed E-state index contributed by atoms with van der Waals surface area (Å²) in [6.45, 7) is 3.81. The summed E-state index contributed by atoms with van der Waals surface area (Å²) in [5.41, 5.74) is 3.36. The number of fused-ring (bicyclic) bond motifs is 2. The van der Waals surface area contributed by atoms with Crippen LogP contribution in [0.5, 0.6) is 0 Å². The van der Waals surface area contributed by atoms with Gasteiger partial charge in [0.05, 0.1) is 29.8 Å². The molecule has 1 amide bonds. The van der Waals surface area contributed by atoms with Crippen LogP contribution >= 0.6 is 0 Å². The van der Waals surface area contributed by atoms with Crippen molar-refractivity contribution in [1.29, 1.82) is 0 Å². The third-order valence-electron chi connectivity index (χ3n) is 6.54. The Morgan fingerprint density at radius 1 is 1.00 bits per heavy atom. The lowest BCUT2D eigenvalue weighted by atomic mass is 10.0. The lowest BCUT2D eigenvalue weighted by molar-refractivity contribution is -0.137. The van der Waals surface area contributed by atoms with E-state index in [1.807, 2.05) is 22.6 Å². The number of pyridine rings is 1. The molecular weight excluding hydrogens is 497 g/mol. The van der Waals surface area contributed by atoms with Gasteiger partial charge in [-0.15, -0.1) is 0 Å². The highest BCUT2D eigenvalue weighted by molar-refractivity contribution is 6.03. The zero-order chi connectivity index (χ0) is 26.3. The monoisotopic (exact) mass is 520 g/mol. The third-order valence-corrected chi connectivity index (χ3v) is 6.54. The first-order chi connectivity index (χ1) is 18.3. The van der Waals surface area contributed by atoms with Crippen molar-refractivity contribution in [3.05, 3.63) is 83.8 Å². The van der Waals surface area contributed by atoms with Gasteiger partial charge in [-0.25, -0.2) is 9.97 Å². The number of imidazole rings is 2. The Balaban J connectivity index is 1.22. The van der Waals surface area contributed by atoms with E-state index < -0.39 is 17.6 Å². The van der Waals surface area contributed by atoms with Crippen LogP contribution in [0.4, 0.5) is 19.1 Å². The summed E-state index contributed by atoms with van der Waals surface area (Å²) >= 11 is 0. The Morgan fingerprint density at radius 2 is 1.79 bits per heavy atom. The van der Waals surface area contributed by atoms with Crippen LogP contribution in [0.25, 0.3) is 27.8 Å². The van der Waals surface area contributed by atoms with Gasteiger partial charge in [0.15, 0.2) is 0 Å². The Kier molecular flexibility index (Phi) is 6.09. The fourth-order valence-electron chi connectivity index (χ4n) is 4.59. The zero-order valence-electron chi connectivity index (χ0n) is 20.1. The van der Waals surface area contributed by atoms with E-state index in [1.54, 1.807) is 30.5 Å². The van der Waals surface area contributed by atoms with Crippen LogP contribution in [0, 0.1) is 0 Å². The van der Waals surface area contributed by atoms with Crippen LogP contribution < -0.4 is 5.32 Å². The number of amides is 1. The Morgan fingerprint density at radius 3 is 2.61 bits per heavy atom. The molecule has 1 aliphatic rings. The highest BCUT2D eigenvalue weighted by atomic mass is 19.4. The van der Waals surface area contributed by atoms with E-state index >= 15 is 0 Å². The number of rotatable bonds is 5. The summed E-state index contributed by atoms with van der Waals surface area (Å²) < 4.78 is 46.7. The Labute approximate surface area is 215 Å². The molecule has 0 spiro atoms. The van der Waals surface area contributed by atoms with Crippen molar-refractivity contribution in [3.8, 4) is 11.1 Å². The van der Waals surface area contributed by atoms with Gasteiger partial charge >= 0.3 is 6.18 Å².